The van der Waals surface area contributed by atoms with Gasteiger partial charge >= 0.3 is 11.9 Å². The van der Waals surface area contributed by atoms with Gasteiger partial charge in [0.2, 0.25) is 0 Å². The molecule has 0 aromatic carbocycles. The third-order valence-corrected chi connectivity index (χ3v) is 6.49. The fourth-order valence-corrected chi connectivity index (χ4v) is 4.19. The predicted molar refractivity (Wildman–Crippen MR) is 167 cm³/mol. The Kier molecular flexibility index (Phi) is 28.4. The van der Waals surface area contributed by atoms with Crippen molar-refractivity contribution in [2.45, 2.75) is 148 Å². The minimum absolute atomic E-state index is 0.140. The van der Waals surface area contributed by atoms with E-state index in [4.69, 9.17) is 9.84 Å². The molecule has 0 aliphatic carbocycles. The minimum atomic E-state index is -0.778. The Morgan fingerprint density at radius 2 is 1.05 bits per heavy atom. The van der Waals surface area contributed by atoms with Crippen LogP contribution in [0.25, 0.3) is 0 Å². The van der Waals surface area contributed by atoms with Gasteiger partial charge in [-0.1, -0.05) is 126 Å². The lowest BCUT2D eigenvalue weighted by molar-refractivity contribution is -0.147. The Balaban J connectivity index is 4.23. The van der Waals surface area contributed by atoms with E-state index in [1.165, 1.54) is 51.4 Å². The molecule has 0 radical (unpaired) electrons. The fourth-order valence-electron chi connectivity index (χ4n) is 4.19. The van der Waals surface area contributed by atoms with Gasteiger partial charge in [-0.25, -0.2) is 0 Å². The molecule has 1 atom stereocenters. The molecule has 0 aliphatic heterocycles. The highest BCUT2D eigenvalue weighted by atomic mass is 16.5. The monoisotopic (exact) mass is 542 g/mol. The van der Waals surface area contributed by atoms with Gasteiger partial charge in [0.25, 0.3) is 0 Å². The van der Waals surface area contributed by atoms with Crippen LogP contribution in [0.15, 0.2) is 60.8 Å². The van der Waals surface area contributed by atoms with Gasteiger partial charge < -0.3 is 9.84 Å². The topological polar surface area (TPSA) is 63.6 Å². The summed E-state index contributed by atoms with van der Waals surface area (Å²) in [4.78, 5) is 23.2. The van der Waals surface area contributed by atoms with Crippen LogP contribution >= 0.6 is 0 Å². The van der Waals surface area contributed by atoms with Crippen LogP contribution in [0.2, 0.25) is 0 Å². The number of carboxylic acids is 1. The first-order chi connectivity index (χ1) is 19.1. The van der Waals surface area contributed by atoms with Gasteiger partial charge in [-0.3, -0.25) is 9.59 Å². The van der Waals surface area contributed by atoms with E-state index >= 15 is 0 Å². The number of aliphatic carboxylic acids is 1. The molecule has 4 nitrogen and oxygen atoms in total. The van der Waals surface area contributed by atoms with E-state index in [0.717, 1.165) is 51.4 Å². The number of carboxylic acid groups (broad SMARTS) is 1. The van der Waals surface area contributed by atoms with Crippen molar-refractivity contribution in [3.63, 3.8) is 0 Å². The summed E-state index contributed by atoms with van der Waals surface area (Å²) in [5.41, 5.74) is 0. The van der Waals surface area contributed by atoms with Gasteiger partial charge in [0.05, 0.1) is 0 Å². The van der Waals surface area contributed by atoms with E-state index in [0.29, 0.717) is 19.3 Å². The smallest absolute Gasteiger partial charge is 0.306 e. The number of ether oxygens (including phenoxy) is 1. The summed E-state index contributed by atoms with van der Waals surface area (Å²) in [7, 11) is 0. The molecule has 39 heavy (non-hydrogen) atoms. The Hall–Kier alpha value is -2.36. The number of allylic oxidation sites excluding steroid dienone is 9. The summed E-state index contributed by atoms with van der Waals surface area (Å²) in [6.45, 7) is 4.39. The third kappa shape index (κ3) is 30.0. The summed E-state index contributed by atoms with van der Waals surface area (Å²) in [6, 6.07) is 0. The molecule has 222 valence electrons. The van der Waals surface area contributed by atoms with E-state index in [-0.39, 0.29) is 18.5 Å². The van der Waals surface area contributed by atoms with Crippen molar-refractivity contribution in [3.8, 4) is 0 Å². The normalized spacial score (nSPS) is 13.1. The van der Waals surface area contributed by atoms with Crippen molar-refractivity contribution in [1.29, 1.82) is 0 Å². The predicted octanol–water partition coefficient (Wildman–Crippen LogP) is 10.6. The molecule has 0 amide bonds. The summed E-state index contributed by atoms with van der Waals surface area (Å²) in [5.74, 6) is -0.919. The van der Waals surface area contributed by atoms with E-state index in [9.17, 15) is 9.59 Å². The average molecular weight is 543 g/mol. The number of rotatable bonds is 27. The van der Waals surface area contributed by atoms with Crippen molar-refractivity contribution in [1.82, 2.24) is 0 Å². The van der Waals surface area contributed by atoms with Gasteiger partial charge in [-0.15, -0.1) is 0 Å². The Bertz CT molecular complexity index is 714. The van der Waals surface area contributed by atoms with Gasteiger partial charge in [-0.2, -0.15) is 0 Å². The SMILES string of the molecule is CC/C=C\C/C=C\C/C=C\C/C=C\C/C=C\C(CCCCC(=O)O)OC(=O)CCCCCCCCCCCC. The molecule has 0 fully saturated rings. The van der Waals surface area contributed by atoms with Crippen molar-refractivity contribution in [3.05, 3.63) is 60.8 Å². The molecular formula is C35H58O4. The zero-order valence-electron chi connectivity index (χ0n) is 25.2. The number of carbonyl (C=O) groups excluding carboxylic acids is 1. The number of carbonyl (C=O) groups is 2. The molecule has 0 aliphatic rings. The molecule has 0 spiro atoms. The molecule has 4 heteroatoms. The molecule has 1 unspecified atom stereocenters. The van der Waals surface area contributed by atoms with Gasteiger partial charge in [0.1, 0.15) is 6.10 Å². The lowest BCUT2D eigenvalue weighted by atomic mass is 10.1. The number of hydrogen-bond donors (Lipinski definition) is 1. The molecule has 0 aromatic rings. The summed E-state index contributed by atoms with van der Waals surface area (Å²) in [5, 5.41) is 8.87. The van der Waals surface area contributed by atoms with Crippen LogP contribution in [-0.4, -0.2) is 23.1 Å². The van der Waals surface area contributed by atoms with E-state index < -0.39 is 5.97 Å². The quantitative estimate of drug-likeness (QED) is 0.0637. The first kappa shape index (κ1) is 36.6. The van der Waals surface area contributed by atoms with Crippen LogP contribution in [0.5, 0.6) is 0 Å². The largest absolute Gasteiger partial charge is 0.481 e. The van der Waals surface area contributed by atoms with Crippen LogP contribution < -0.4 is 0 Å². The van der Waals surface area contributed by atoms with Crippen LogP contribution in [0.3, 0.4) is 0 Å². The van der Waals surface area contributed by atoms with E-state index in [1.54, 1.807) is 0 Å². The molecule has 0 bridgehead atoms. The maximum atomic E-state index is 12.4. The van der Waals surface area contributed by atoms with E-state index in [2.05, 4.69) is 62.5 Å². The van der Waals surface area contributed by atoms with Crippen LogP contribution in [0.4, 0.5) is 0 Å². The third-order valence-electron chi connectivity index (χ3n) is 6.49. The molecule has 0 heterocycles. The Labute approximate surface area is 240 Å². The summed E-state index contributed by atoms with van der Waals surface area (Å²) < 4.78 is 5.73. The second-order valence-electron chi connectivity index (χ2n) is 10.3. The van der Waals surface area contributed by atoms with Crippen molar-refractivity contribution in [2.24, 2.45) is 0 Å². The van der Waals surface area contributed by atoms with Crippen LogP contribution in [0, 0.1) is 0 Å². The first-order valence-electron chi connectivity index (χ1n) is 15.8. The highest BCUT2D eigenvalue weighted by molar-refractivity contribution is 5.69. The highest BCUT2D eigenvalue weighted by Gasteiger charge is 2.11. The maximum Gasteiger partial charge on any atom is 0.306 e. The molecule has 0 saturated heterocycles. The summed E-state index contributed by atoms with van der Waals surface area (Å²) >= 11 is 0. The molecule has 0 rings (SSSR count). The van der Waals surface area contributed by atoms with Crippen molar-refractivity contribution in [2.75, 3.05) is 0 Å². The second-order valence-corrected chi connectivity index (χ2v) is 10.3. The zero-order chi connectivity index (χ0) is 28.7. The molecular weight excluding hydrogens is 484 g/mol. The van der Waals surface area contributed by atoms with Crippen LogP contribution in [-0.2, 0) is 14.3 Å². The van der Waals surface area contributed by atoms with Gasteiger partial charge in [0.15, 0.2) is 0 Å². The second kappa shape index (κ2) is 30.2. The molecule has 0 saturated carbocycles. The number of esters is 1. The number of hydrogen-bond acceptors (Lipinski definition) is 3. The molecule has 1 N–H and O–H groups in total. The standard InChI is InChI=1S/C35H58O4/c1-3-5-7-9-11-13-15-16-17-18-19-21-23-25-29-33(30-27-28-31-34(36)37)39-35(38)32-26-24-22-20-14-12-10-8-6-4-2/h5,7,11,13,16-17,19,21,25,29,33H,3-4,6,8-10,12,14-15,18,20,22-24,26-28,30-32H2,1-2H3,(H,36,37)/b7-5-,13-11-,17-16-,21-19-,29-25-. The van der Waals surface area contributed by atoms with Crippen molar-refractivity contribution < 1.29 is 19.4 Å². The Morgan fingerprint density at radius 3 is 1.56 bits per heavy atom. The van der Waals surface area contributed by atoms with Gasteiger partial charge in [0, 0.05) is 12.8 Å². The fraction of sp³-hybridized carbons (Fsp3) is 0.657. The summed E-state index contributed by atoms with van der Waals surface area (Å²) in [6.07, 6.45) is 40.9. The van der Waals surface area contributed by atoms with Gasteiger partial charge in [-0.05, 0) is 63.9 Å². The van der Waals surface area contributed by atoms with Crippen LogP contribution in [0.1, 0.15) is 142 Å². The average Bonchev–Trinajstić information content (AvgIpc) is 2.92. The lowest BCUT2D eigenvalue weighted by Crippen LogP contribution is -2.16. The minimum Gasteiger partial charge on any atom is -0.481 e. The van der Waals surface area contributed by atoms with E-state index in [1.807, 2.05) is 12.2 Å². The lowest BCUT2D eigenvalue weighted by Gasteiger charge is -2.14. The zero-order valence-corrected chi connectivity index (χ0v) is 25.2. The Morgan fingerprint density at radius 1 is 0.590 bits per heavy atom. The van der Waals surface area contributed by atoms with Crippen molar-refractivity contribution >= 4 is 11.9 Å². The maximum absolute atomic E-state index is 12.4. The first-order valence-corrected chi connectivity index (χ1v) is 15.8. The molecule has 0 aromatic heterocycles. The number of unbranched alkanes of at least 4 members (excludes halogenated alkanes) is 10. The highest BCUT2D eigenvalue weighted by Crippen LogP contribution is 2.14.